The van der Waals surface area contributed by atoms with E-state index in [4.69, 9.17) is 0 Å². The summed E-state index contributed by atoms with van der Waals surface area (Å²) in [6.45, 7) is 3.66. The molecule has 2 saturated heterocycles. The van der Waals surface area contributed by atoms with Crippen molar-refractivity contribution in [3.63, 3.8) is 0 Å². The molecule has 6 heteroatoms. The number of hydrogen-bond acceptors (Lipinski definition) is 4. The Labute approximate surface area is 113 Å². The highest BCUT2D eigenvalue weighted by molar-refractivity contribution is 6.01. The number of carbonyl (C=O) groups is 2. The van der Waals surface area contributed by atoms with Gasteiger partial charge in [0, 0.05) is 31.7 Å². The largest absolute Gasteiger partial charge is 0.329 e. The van der Waals surface area contributed by atoms with Gasteiger partial charge in [-0.25, -0.2) is 4.79 Å². The van der Waals surface area contributed by atoms with Gasteiger partial charge in [-0.1, -0.05) is 0 Å². The standard InChI is InChI=1S/C13H22N4O2/c18-12-8-15-13(19)17(12)7-6-16(11-3-4-11)9-10-2-1-5-14-10/h10-11,14H,1-9H2,(H,15,19). The quantitative estimate of drug-likeness (QED) is 0.651. The Morgan fingerprint density at radius 3 is 2.68 bits per heavy atom. The summed E-state index contributed by atoms with van der Waals surface area (Å²) in [5.41, 5.74) is 0. The first kappa shape index (κ1) is 12.9. The van der Waals surface area contributed by atoms with E-state index >= 15 is 0 Å². The van der Waals surface area contributed by atoms with Crippen LogP contribution in [-0.4, -0.2) is 66.5 Å². The fourth-order valence-corrected chi connectivity index (χ4v) is 2.97. The highest BCUT2D eigenvalue weighted by atomic mass is 16.2. The number of amides is 3. The first-order valence-corrected chi connectivity index (χ1v) is 7.29. The molecule has 3 rings (SSSR count). The van der Waals surface area contributed by atoms with Gasteiger partial charge in [0.15, 0.2) is 0 Å². The van der Waals surface area contributed by atoms with E-state index in [1.54, 1.807) is 0 Å². The zero-order chi connectivity index (χ0) is 13.2. The van der Waals surface area contributed by atoms with E-state index in [1.165, 1.54) is 30.6 Å². The minimum absolute atomic E-state index is 0.0975. The van der Waals surface area contributed by atoms with Crippen molar-refractivity contribution in [2.75, 3.05) is 32.7 Å². The minimum Gasteiger partial charge on any atom is -0.329 e. The maximum absolute atomic E-state index is 11.5. The minimum atomic E-state index is -0.236. The molecule has 106 valence electrons. The molecule has 3 aliphatic rings. The van der Waals surface area contributed by atoms with Gasteiger partial charge in [-0.2, -0.15) is 0 Å². The van der Waals surface area contributed by atoms with Gasteiger partial charge in [-0.3, -0.25) is 14.6 Å². The van der Waals surface area contributed by atoms with Crippen molar-refractivity contribution in [3.05, 3.63) is 0 Å². The van der Waals surface area contributed by atoms with E-state index in [9.17, 15) is 9.59 Å². The van der Waals surface area contributed by atoms with Crippen LogP contribution in [0.3, 0.4) is 0 Å². The van der Waals surface area contributed by atoms with Crippen LogP contribution in [0.5, 0.6) is 0 Å². The van der Waals surface area contributed by atoms with Gasteiger partial charge in [0.1, 0.15) is 0 Å². The number of imide groups is 1. The Kier molecular flexibility index (Phi) is 3.70. The van der Waals surface area contributed by atoms with Crippen LogP contribution < -0.4 is 10.6 Å². The van der Waals surface area contributed by atoms with Crippen LogP contribution in [0.1, 0.15) is 25.7 Å². The van der Waals surface area contributed by atoms with Gasteiger partial charge in [0.05, 0.1) is 6.54 Å². The molecule has 2 heterocycles. The van der Waals surface area contributed by atoms with E-state index in [2.05, 4.69) is 15.5 Å². The van der Waals surface area contributed by atoms with E-state index in [0.29, 0.717) is 18.6 Å². The first-order chi connectivity index (χ1) is 9.24. The second-order valence-corrected chi connectivity index (χ2v) is 5.72. The molecule has 0 spiro atoms. The molecule has 19 heavy (non-hydrogen) atoms. The van der Waals surface area contributed by atoms with Gasteiger partial charge in [-0.05, 0) is 32.2 Å². The molecular formula is C13H22N4O2. The van der Waals surface area contributed by atoms with Crippen LogP contribution >= 0.6 is 0 Å². The van der Waals surface area contributed by atoms with Crippen LogP contribution in [-0.2, 0) is 4.79 Å². The Morgan fingerprint density at radius 2 is 2.11 bits per heavy atom. The summed E-state index contributed by atoms with van der Waals surface area (Å²) in [6.07, 6.45) is 5.02. The molecule has 2 aliphatic heterocycles. The molecule has 1 aliphatic carbocycles. The number of urea groups is 1. The zero-order valence-corrected chi connectivity index (χ0v) is 11.2. The van der Waals surface area contributed by atoms with Crippen molar-refractivity contribution in [2.45, 2.75) is 37.8 Å². The molecule has 3 amide bonds. The maximum Gasteiger partial charge on any atom is 0.324 e. The Morgan fingerprint density at radius 1 is 1.26 bits per heavy atom. The third kappa shape index (κ3) is 3.06. The number of hydrogen-bond donors (Lipinski definition) is 2. The molecule has 1 unspecified atom stereocenters. The van der Waals surface area contributed by atoms with Gasteiger partial charge in [0.2, 0.25) is 5.91 Å². The van der Waals surface area contributed by atoms with E-state index in [0.717, 1.165) is 19.6 Å². The highest BCUT2D eigenvalue weighted by Gasteiger charge is 2.33. The predicted octanol–water partition coefficient (Wildman–Crippen LogP) is -0.245. The van der Waals surface area contributed by atoms with Crippen LogP contribution in [0.4, 0.5) is 4.79 Å². The third-order valence-electron chi connectivity index (χ3n) is 4.23. The molecule has 3 fully saturated rings. The summed E-state index contributed by atoms with van der Waals surface area (Å²) in [6, 6.07) is 1.02. The second kappa shape index (κ2) is 5.46. The molecule has 6 nitrogen and oxygen atoms in total. The Balaban J connectivity index is 1.50. The second-order valence-electron chi connectivity index (χ2n) is 5.72. The van der Waals surface area contributed by atoms with Crippen LogP contribution in [0, 0.1) is 0 Å². The molecule has 0 bridgehead atoms. The number of nitrogens with one attached hydrogen (secondary N) is 2. The molecule has 1 saturated carbocycles. The molecule has 0 aromatic rings. The van der Waals surface area contributed by atoms with E-state index in [-0.39, 0.29) is 18.5 Å². The summed E-state index contributed by atoms with van der Waals surface area (Å²) in [4.78, 5) is 26.8. The lowest BCUT2D eigenvalue weighted by Gasteiger charge is -2.27. The van der Waals surface area contributed by atoms with Crippen molar-refractivity contribution < 1.29 is 9.59 Å². The van der Waals surface area contributed by atoms with Gasteiger partial charge in [0.25, 0.3) is 0 Å². The maximum atomic E-state index is 11.5. The number of nitrogens with zero attached hydrogens (tertiary/aromatic N) is 2. The summed E-state index contributed by atoms with van der Waals surface area (Å²) in [5.74, 6) is -0.0975. The fourth-order valence-electron chi connectivity index (χ4n) is 2.97. The summed E-state index contributed by atoms with van der Waals surface area (Å²) in [5, 5.41) is 6.08. The molecule has 1 atom stereocenters. The average molecular weight is 266 g/mol. The van der Waals surface area contributed by atoms with Crippen molar-refractivity contribution in [2.24, 2.45) is 0 Å². The summed E-state index contributed by atoms with van der Waals surface area (Å²) in [7, 11) is 0. The van der Waals surface area contributed by atoms with E-state index in [1.807, 2.05) is 0 Å². The van der Waals surface area contributed by atoms with Crippen LogP contribution in [0.25, 0.3) is 0 Å². The first-order valence-electron chi connectivity index (χ1n) is 7.29. The monoisotopic (exact) mass is 266 g/mol. The SMILES string of the molecule is O=C1CNC(=O)N1CCN(CC1CCCN1)C1CC1. The highest BCUT2D eigenvalue weighted by Crippen LogP contribution is 2.27. The smallest absolute Gasteiger partial charge is 0.324 e. The van der Waals surface area contributed by atoms with Crippen molar-refractivity contribution >= 4 is 11.9 Å². The van der Waals surface area contributed by atoms with Gasteiger partial charge >= 0.3 is 6.03 Å². The van der Waals surface area contributed by atoms with Crippen molar-refractivity contribution in [1.29, 1.82) is 0 Å². The third-order valence-corrected chi connectivity index (χ3v) is 4.23. The Hall–Kier alpha value is -1.14. The number of carbonyl (C=O) groups excluding carboxylic acids is 2. The molecule has 2 N–H and O–H groups in total. The predicted molar refractivity (Wildman–Crippen MR) is 70.7 cm³/mol. The lowest BCUT2D eigenvalue weighted by atomic mass is 10.2. The summed E-state index contributed by atoms with van der Waals surface area (Å²) < 4.78 is 0. The van der Waals surface area contributed by atoms with Gasteiger partial charge in [-0.15, -0.1) is 0 Å². The van der Waals surface area contributed by atoms with Crippen LogP contribution in [0.15, 0.2) is 0 Å². The lowest BCUT2D eigenvalue weighted by Crippen LogP contribution is -2.44. The molecule has 0 aromatic heterocycles. The fraction of sp³-hybridized carbons (Fsp3) is 0.846. The molecule has 0 aromatic carbocycles. The van der Waals surface area contributed by atoms with Crippen LogP contribution in [0.2, 0.25) is 0 Å². The van der Waals surface area contributed by atoms with Crippen molar-refractivity contribution in [3.8, 4) is 0 Å². The summed E-state index contributed by atoms with van der Waals surface area (Å²) >= 11 is 0. The Bertz CT molecular complexity index is 348. The molecule has 0 radical (unpaired) electrons. The molecular weight excluding hydrogens is 244 g/mol. The zero-order valence-electron chi connectivity index (χ0n) is 11.2. The normalized spacial score (nSPS) is 27.4. The van der Waals surface area contributed by atoms with Crippen molar-refractivity contribution in [1.82, 2.24) is 20.4 Å². The average Bonchev–Trinajstić information content (AvgIpc) is 3.03. The topological polar surface area (TPSA) is 64.7 Å². The van der Waals surface area contributed by atoms with Gasteiger partial charge < -0.3 is 10.6 Å². The van der Waals surface area contributed by atoms with E-state index < -0.39 is 0 Å². The number of rotatable bonds is 6. The lowest BCUT2D eigenvalue weighted by molar-refractivity contribution is -0.125.